The van der Waals surface area contributed by atoms with Crippen LogP contribution in [0.25, 0.3) is 21.8 Å². The average molecular weight is 785 g/mol. The van der Waals surface area contributed by atoms with Crippen LogP contribution in [-0.4, -0.2) is 123 Å². The second-order valence-corrected chi connectivity index (χ2v) is 17.2. The number of amides is 2. The number of aryl methyl sites for hydroxylation is 4. The Morgan fingerprint density at radius 1 is 0.667 bits per heavy atom. The molecular formula is C46H68N6O5. The highest BCUT2D eigenvalue weighted by atomic mass is 16.5. The number of benzene rings is 2. The first-order valence-electron chi connectivity index (χ1n) is 21.3. The molecule has 0 spiro atoms. The summed E-state index contributed by atoms with van der Waals surface area (Å²) in [5.74, 6) is 1.39. The third-order valence-corrected chi connectivity index (χ3v) is 12.4. The van der Waals surface area contributed by atoms with Crippen molar-refractivity contribution in [3.8, 4) is 0 Å². The summed E-state index contributed by atoms with van der Waals surface area (Å²) < 4.78 is 21.6. The average Bonchev–Trinajstić information content (AvgIpc) is 3.98. The lowest BCUT2D eigenvalue weighted by Crippen LogP contribution is -2.43. The maximum atomic E-state index is 14.1. The molecule has 2 fully saturated rings. The van der Waals surface area contributed by atoms with E-state index in [2.05, 4.69) is 98.0 Å². The van der Waals surface area contributed by atoms with Crippen molar-refractivity contribution in [1.29, 1.82) is 0 Å². The van der Waals surface area contributed by atoms with Crippen LogP contribution in [-0.2, 0) is 27.3 Å². The van der Waals surface area contributed by atoms with Gasteiger partial charge in [0.15, 0.2) is 0 Å². The molecule has 2 aliphatic heterocycles. The molecule has 0 radical (unpaired) electrons. The summed E-state index contributed by atoms with van der Waals surface area (Å²) in [4.78, 5) is 32.3. The molecule has 312 valence electrons. The van der Waals surface area contributed by atoms with E-state index in [1.54, 1.807) is 14.2 Å². The molecule has 2 aliphatic rings. The molecule has 0 saturated carbocycles. The fraction of sp³-hybridized carbons (Fsp3) is 0.609. The van der Waals surface area contributed by atoms with Gasteiger partial charge in [0.05, 0.1) is 13.2 Å². The van der Waals surface area contributed by atoms with Gasteiger partial charge in [-0.3, -0.25) is 9.59 Å². The minimum atomic E-state index is 0.0694. The number of hydrogen-bond donors (Lipinski definition) is 2. The number of fused-ring (bicyclic) bond motifs is 2. The molecule has 0 bridgehead atoms. The normalized spacial score (nSPS) is 19.8. The van der Waals surface area contributed by atoms with Gasteiger partial charge in [-0.1, -0.05) is 12.1 Å². The van der Waals surface area contributed by atoms with E-state index in [9.17, 15) is 9.59 Å². The summed E-state index contributed by atoms with van der Waals surface area (Å²) in [5, 5.41) is 9.56. The molecule has 11 nitrogen and oxygen atoms in total. The summed E-state index contributed by atoms with van der Waals surface area (Å²) in [6.07, 6.45) is 6.21. The number of rotatable bonds is 20. The SMILES string of the molecule is COCCCn1cc(C)c2ccc(C(=O)N(C[C@@H]3CNC[C@H]3COC[C@@H]3CNC[C@H]3CN(C(=O)c3ccc4c(C)cn(CCCOC)c4c3)C(C)C)C(C)C)cc21. The van der Waals surface area contributed by atoms with Crippen LogP contribution in [0.4, 0.5) is 0 Å². The van der Waals surface area contributed by atoms with Gasteiger partial charge in [0.25, 0.3) is 11.8 Å². The Morgan fingerprint density at radius 3 is 1.46 bits per heavy atom. The molecule has 6 rings (SSSR count). The van der Waals surface area contributed by atoms with Crippen LogP contribution in [0.15, 0.2) is 48.8 Å². The Balaban J connectivity index is 1.05. The van der Waals surface area contributed by atoms with Crippen molar-refractivity contribution in [1.82, 2.24) is 29.6 Å². The zero-order chi connectivity index (χ0) is 40.6. The Bertz CT molecular complexity index is 1810. The van der Waals surface area contributed by atoms with E-state index in [0.29, 0.717) is 63.2 Å². The Hall–Kier alpha value is -3.74. The van der Waals surface area contributed by atoms with Gasteiger partial charge in [-0.25, -0.2) is 0 Å². The van der Waals surface area contributed by atoms with Crippen molar-refractivity contribution in [2.24, 2.45) is 23.7 Å². The fourth-order valence-electron chi connectivity index (χ4n) is 9.00. The molecule has 4 atom stereocenters. The Kier molecular flexibility index (Phi) is 14.9. The van der Waals surface area contributed by atoms with E-state index in [1.165, 1.54) is 21.9 Å². The second kappa shape index (κ2) is 19.8. The molecule has 4 heterocycles. The molecule has 4 aromatic rings. The standard InChI is InChI=1S/C46H68N6O5/c1-31(2)51(45(53)35-11-13-41-33(5)25-49(43(41)19-35)15-9-17-55-7)27-37-21-47-23-39(37)29-57-30-40-24-48-22-38(40)28-52(32(3)4)46(54)36-12-14-42-34(6)26-50(44(42)20-36)16-10-18-56-8/h11-14,19-20,25-26,31-32,37-40,47-48H,9-10,15-18,21-24,27-30H2,1-8H3/t37-,38-,39-,40-/m0/s1. The zero-order valence-corrected chi connectivity index (χ0v) is 35.8. The van der Waals surface area contributed by atoms with E-state index < -0.39 is 0 Å². The lowest BCUT2D eigenvalue weighted by atomic mass is 9.94. The van der Waals surface area contributed by atoms with Crippen LogP contribution in [0.5, 0.6) is 0 Å². The molecule has 2 N–H and O–H groups in total. The Labute approximate surface area is 340 Å². The predicted molar refractivity (Wildman–Crippen MR) is 229 cm³/mol. The minimum absolute atomic E-state index is 0.0694. The highest BCUT2D eigenvalue weighted by molar-refractivity contribution is 5.99. The first kappa shape index (κ1) is 42.9. The predicted octanol–water partition coefficient (Wildman–Crippen LogP) is 6.38. The number of hydrogen-bond acceptors (Lipinski definition) is 7. The molecule has 0 unspecified atom stereocenters. The van der Waals surface area contributed by atoms with Crippen molar-refractivity contribution in [3.05, 3.63) is 71.0 Å². The number of ether oxygens (including phenoxy) is 3. The summed E-state index contributed by atoms with van der Waals surface area (Å²) >= 11 is 0. The molecular weight excluding hydrogens is 717 g/mol. The number of carbonyl (C=O) groups excluding carboxylic acids is 2. The first-order valence-corrected chi connectivity index (χ1v) is 21.3. The van der Waals surface area contributed by atoms with Gasteiger partial charge in [0.2, 0.25) is 0 Å². The van der Waals surface area contributed by atoms with Crippen molar-refractivity contribution >= 4 is 33.6 Å². The van der Waals surface area contributed by atoms with E-state index in [0.717, 1.165) is 74.3 Å². The van der Waals surface area contributed by atoms with E-state index in [-0.39, 0.29) is 23.9 Å². The molecule has 2 aromatic carbocycles. The first-order chi connectivity index (χ1) is 27.5. The zero-order valence-electron chi connectivity index (χ0n) is 35.8. The van der Waals surface area contributed by atoms with Crippen molar-refractivity contribution in [2.45, 2.75) is 79.6 Å². The van der Waals surface area contributed by atoms with Gasteiger partial charge in [-0.2, -0.15) is 0 Å². The van der Waals surface area contributed by atoms with Crippen molar-refractivity contribution in [2.75, 3.05) is 79.9 Å². The van der Waals surface area contributed by atoms with Crippen LogP contribution >= 0.6 is 0 Å². The molecule has 2 saturated heterocycles. The number of methoxy groups -OCH3 is 2. The van der Waals surface area contributed by atoms with E-state index in [4.69, 9.17) is 14.2 Å². The fourth-order valence-corrected chi connectivity index (χ4v) is 9.00. The van der Waals surface area contributed by atoms with Crippen LogP contribution < -0.4 is 10.6 Å². The summed E-state index contributed by atoms with van der Waals surface area (Å²) in [5.41, 5.74) is 6.11. The number of aromatic nitrogens is 2. The lowest BCUT2D eigenvalue weighted by Gasteiger charge is -2.32. The second-order valence-electron chi connectivity index (χ2n) is 17.2. The molecule has 2 amide bonds. The number of nitrogens with zero attached hydrogens (tertiary/aromatic N) is 4. The molecule has 2 aromatic heterocycles. The van der Waals surface area contributed by atoms with Gasteiger partial charge >= 0.3 is 0 Å². The maximum Gasteiger partial charge on any atom is 0.254 e. The van der Waals surface area contributed by atoms with Gasteiger partial charge in [-0.05, 0) is 102 Å². The minimum Gasteiger partial charge on any atom is -0.385 e. The third-order valence-electron chi connectivity index (χ3n) is 12.4. The van der Waals surface area contributed by atoms with E-state index in [1.807, 2.05) is 21.9 Å². The highest BCUT2D eigenvalue weighted by Gasteiger charge is 2.35. The van der Waals surface area contributed by atoms with Crippen LogP contribution in [0.1, 0.15) is 72.4 Å². The van der Waals surface area contributed by atoms with Crippen LogP contribution in [0.3, 0.4) is 0 Å². The third kappa shape index (κ3) is 10.1. The summed E-state index contributed by atoms with van der Waals surface area (Å²) in [6, 6.07) is 12.5. The molecule has 0 aliphatic carbocycles. The molecule has 11 heteroatoms. The smallest absolute Gasteiger partial charge is 0.254 e. The number of carbonyl (C=O) groups is 2. The van der Waals surface area contributed by atoms with Gasteiger partial charge in [0, 0.05) is 149 Å². The Morgan fingerprint density at radius 2 is 1.07 bits per heavy atom. The lowest BCUT2D eigenvalue weighted by molar-refractivity contribution is 0.0399. The number of nitrogens with one attached hydrogen (secondary N) is 2. The van der Waals surface area contributed by atoms with Crippen molar-refractivity contribution < 1.29 is 23.8 Å². The topological polar surface area (TPSA) is 102 Å². The summed E-state index contributed by atoms with van der Waals surface area (Å²) in [7, 11) is 3.47. The quantitative estimate of drug-likeness (QED) is 0.101. The largest absolute Gasteiger partial charge is 0.385 e. The highest BCUT2D eigenvalue weighted by Crippen LogP contribution is 2.28. The van der Waals surface area contributed by atoms with E-state index >= 15 is 0 Å². The molecule has 57 heavy (non-hydrogen) atoms. The van der Waals surface area contributed by atoms with Gasteiger partial charge < -0.3 is 43.8 Å². The maximum absolute atomic E-state index is 14.1. The monoisotopic (exact) mass is 785 g/mol. The van der Waals surface area contributed by atoms with Gasteiger partial charge in [0.1, 0.15) is 0 Å². The van der Waals surface area contributed by atoms with Crippen molar-refractivity contribution in [3.63, 3.8) is 0 Å². The summed E-state index contributed by atoms with van der Waals surface area (Å²) in [6.45, 7) is 22.0. The van der Waals surface area contributed by atoms with Gasteiger partial charge in [-0.15, -0.1) is 0 Å². The van der Waals surface area contributed by atoms with Crippen LogP contribution in [0, 0.1) is 37.5 Å². The van der Waals surface area contributed by atoms with Crippen LogP contribution in [0.2, 0.25) is 0 Å².